The number of thioether (sulfide) groups is 1. The van der Waals surface area contributed by atoms with Crippen molar-refractivity contribution < 1.29 is 14.3 Å². The molecule has 34 heavy (non-hydrogen) atoms. The number of benzene rings is 3. The van der Waals surface area contributed by atoms with Gasteiger partial charge in [0.05, 0.1) is 12.4 Å². The van der Waals surface area contributed by atoms with Gasteiger partial charge in [-0.05, 0) is 61.5 Å². The Kier molecular flexibility index (Phi) is 8.21. The first-order valence-electron chi connectivity index (χ1n) is 10.7. The molecule has 7 nitrogen and oxygen atoms in total. The predicted molar refractivity (Wildman–Crippen MR) is 137 cm³/mol. The molecule has 0 spiro atoms. The van der Waals surface area contributed by atoms with Crippen LogP contribution in [0.3, 0.4) is 0 Å². The van der Waals surface area contributed by atoms with Crippen molar-refractivity contribution in [2.24, 2.45) is 0 Å². The Balaban J connectivity index is 1.52. The van der Waals surface area contributed by atoms with Crippen LogP contribution in [0.1, 0.15) is 12.7 Å². The van der Waals surface area contributed by atoms with Crippen molar-refractivity contribution in [1.82, 2.24) is 14.8 Å². The minimum Gasteiger partial charge on any atom is -0.494 e. The molecule has 1 N–H and O–H groups in total. The number of carbonyl (C=O) groups excluding carboxylic acids is 1. The summed E-state index contributed by atoms with van der Waals surface area (Å²) in [6, 6.07) is 24.7. The number of hydrogen-bond donors (Lipinski definition) is 1. The zero-order valence-corrected chi connectivity index (χ0v) is 20.9. The molecule has 174 valence electrons. The Bertz CT molecular complexity index is 1230. The quantitative estimate of drug-likeness (QED) is 0.259. The van der Waals surface area contributed by atoms with E-state index in [2.05, 4.69) is 31.4 Å². The van der Waals surface area contributed by atoms with Gasteiger partial charge >= 0.3 is 0 Å². The zero-order chi connectivity index (χ0) is 23.8. The molecule has 1 amide bonds. The van der Waals surface area contributed by atoms with Crippen LogP contribution >= 0.6 is 27.7 Å². The lowest BCUT2D eigenvalue weighted by Gasteiger charge is -2.12. The Morgan fingerprint density at radius 3 is 2.47 bits per heavy atom. The second-order valence-corrected chi connectivity index (χ2v) is 8.97. The van der Waals surface area contributed by atoms with Crippen LogP contribution in [0.5, 0.6) is 11.5 Å². The molecule has 4 aromatic rings. The topological polar surface area (TPSA) is 78.3 Å². The molecule has 0 aliphatic carbocycles. The summed E-state index contributed by atoms with van der Waals surface area (Å²) in [5, 5.41) is 12.2. The standard InChI is InChI=1S/C25H23BrN4O3S/c1-2-32-22-13-11-20(12-14-22)30-23(16-33-21-9-4-3-5-10-21)28-29-25(30)34-17-24(31)27-19-8-6-7-18(26)15-19/h3-15H,2,16-17H2,1H3,(H,27,31). The Morgan fingerprint density at radius 1 is 0.971 bits per heavy atom. The maximum absolute atomic E-state index is 12.5. The first kappa shape index (κ1) is 23.8. The van der Waals surface area contributed by atoms with E-state index >= 15 is 0 Å². The van der Waals surface area contributed by atoms with Gasteiger partial charge in [0.25, 0.3) is 0 Å². The molecule has 0 saturated heterocycles. The predicted octanol–water partition coefficient (Wildman–Crippen LogP) is 5.74. The zero-order valence-electron chi connectivity index (χ0n) is 18.5. The van der Waals surface area contributed by atoms with Gasteiger partial charge in [0.15, 0.2) is 11.0 Å². The van der Waals surface area contributed by atoms with Crippen LogP contribution in [0, 0.1) is 0 Å². The maximum atomic E-state index is 12.5. The second kappa shape index (κ2) is 11.7. The van der Waals surface area contributed by atoms with Gasteiger partial charge in [-0.2, -0.15) is 0 Å². The van der Waals surface area contributed by atoms with Gasteiger partial charge in [0, 0.05) is 15.8 Å². The minimum absolute atomic E-state index is 0.133. The summed E-state index contributed by atoms with van der Waals surface area (Å²) in [6.07, 6.45) is 0. The molecule has 1 aromatic heterocycles. The summed E-state index contributed by atoms with van der Waals surface area (Å²) in [4.78, 5) is 12.5. The van der Waals surface area contributed by atoms with Crippen LogP contribution in [0.4, 0.5) is 5.69 Å². The molecule has 0 saturated carbocycles. The van der Waals surface area contributed by atoms with E-state index in [4.69, 9.17) is 9.47 Å². The first-order chi connectivity index (χ1) is 16.6. The second-order valence-electron chi connectivity index (χ2n) is 7.11. The van der Waals surface area contributed by atoms with E-state index in [-0.39, 0.29) is 18.3 Å². The number of nitrogens with zero attached hydrogens (tertiary/aromatic N) is 3. The Morgan fingerprint density at radius 2 is 1.74 bits per heavy atom. The molecule has 1 heterocycles. The first-order valence-corrected chi connectivity index (χ1v) is 12.4. The number of hydrogen-bond acceptors (Lipinski definition) is 6. The fraction of sp³-hybridized carbons (Fsp3) is 0.160. The largest absolute Gasteiger partial charge is 0.494 e. The van der Waals surface area contributed by atoms with Gasteiger partial charge in [-0.1, -0.05) is 52.0 Å². The van der Waals surface area contributed by atoms with Gasteiger partial charge in [0.1, 0.15) is 18.1 Å². The normalized spacial score (nSPS) is 10.6. The third kappa shape index (κ3) is 6.39. The lowest BCUT2D eigenvalue weighted by molar-refractivity contribution is -0.113. The number of amides is 1. The molecule has 3 aromatic carbocycles. The van der Waals surface area contributed by atoms with Gasteiger partial charge in [-0.25, -0.2) is 0 Å². The minimum atomic E-state index is -0.133. The molecule has 0 aliphatic rings. The number of halogens is 1. The molecule has 0 radical (unpaired) electrons. The molecule has 0 unspecified atom stereocenters. The average Bonchev–Trinajstić information content (AvgIpc) is 3.25. The van der Waals surface area contributed by atoms with E-state index in [0.717, 1.165) is 27.3 Å². The van der Waals surface area contributed by atoms with Crippen molar-refractivity contribution in [3.63, 3.8) is 0 Å². The van der Waals surface area contributed by atoms with E-state index < -0.39 is 0 Å². The smallest absolute Gasteiger partial charge is 0.234 e. The van der Waals surface area contributed by atoms with Crippen molar-refractivity contribution in [3.05, 3.63) is 89.2 Å². The number of anilines is 1. The summed E-state index contributed by atoms with van der Waals surface area (Å²) < 4.78 is 14.3. The van der Waals surface area contributed by atoms with Gasteiger partial charge in [0.2, 0.25) is 5.91 Å². The summed E-state index contributed by atoms with van der Waals surface area (Å²) in [7, 11) is 0. The third-order valence-corrected chi connectivity index (χ3v) is 6.08. The Labute approximate surface area is 210 Å². The molecule has 0 atom stereocenters. The molecule has 4 rings (SSSR count). The van der Waals surface area contributed by atoms with Crippen molar-refractivity contribution in [2.45, 2.75) is 18.7 Å². The summed E-state index contributed by atoms with van der Waals surface area (Å²) in [5.41, 5.74) is 1.58. The van der Waals surface area contributed by atoms with Crippen LogP contribution in [-0.4, -0.2) is 33.0 Å². The van der Waals surface area contributed by atoms with Gasteiger partial charge in [-0.15, -0.1) is 10.2 Å². The van der Waals surface area contributed by atoms with E-state index in [9.17, 15) is 4.79 Å². The summed E-state index contributed by atoms with van der Waals surface area (Å²) >= 11 is 4.72. The number of aromatic nitrogens is 3. The molecular formula is C25H23BrN4O3S. The van der Waals surface area contributed by atoms with E-state index in [1.807, 2.05) is 90.4 Å². The molecular weight excluding hydrogens is 516 g/mol. The van der Waals surface area contributed by atoms with Crippen LogP contribution in [0.25, 0.3) is 5.69 Å². The Hall–Kier alpha value is -3.30. The van der Waals surface area contributed by atoms with Crippen molar-refractivity contribution >= 4 is 39.3 Å². The fourth-order valence-electron chi connectivity index (χ4n) is 3.16. The highest BCUT2D eigenvalue weighted by Gasteiger charge is 2.17. The van der Waals surface area contributed by atoms with Crippen molar-refractivity contribution in [2.75, 3.05) is 17.7 Å². The number of carbonyl (C=O) groups is 1. The molecule has 0 bridgehead atoms. The highest BCUT2D eigenvalue weighted by Crippen LogP contribution is 2.25. The molecule has 9 heteroatoms. The monoisotopic (exact) mass is 538 g/mol. The van der Waals surface area contributed by atoms with E-state index in [1.165, 1.54) is 11.8 Å². The summed E-state index contributed by atoms with van der Waals surface area (Å²) in [5.74, 6) is 2.20. The van der Waals surface area contributed by atoms with Crippen LogP contribution in [-0.2, 0) is 11.4 Å². The van der Waals surface area contributed by atoms with Crippen molar-refractivity contribution in [3.8, 4) is 17.2 Å². The van der Waals surface area contributed by atoms with Crippen LogP contribution in [0.2, 0.25) is 0 Å². The van der Waals surface area contributed by atoms with Crippen LogP contribution < -0.4 is 14.8 Å². The molecule has 0 fully saturated rings. The number of ether oxygens (including phenoxy) is 2. The lowest BCUT2D eigenvalue weighted by atomic mass is 10.3. The lowest BCUT2D eigenvalue weighted by Crippen LogP contribution is -2.14. The highest BCUT2D eigenvalue weighted by atomic mass is 79.9. The number of nitrogens with one attached hydrogen (secondary N) is 1. The van der Waals surface area contributed by atoms with E-state index in [1.54, 1.807) is 0 Å². The number of para-hydroxylation sites is 1. The molecule has 0 aliphatic heterocycles. The maximum Gasteiger partial charge on any atom is 0.234 e. The highest BCUT2D eigenvalue weighted by molar-refractivity contribution is 9.10. The average molecular weight is 539 g/mol. The van der Waals surface area contributed by atoms with Crippen molar-refractivity contribution in [1.29, 1.82) is 0 Å². The van der Waals surface area contributed by atoms with Gasteiger partial charge < -0.3 is 14.8 Å². The summed E-state index contributed by atoms with van der Waals surface area (Å²) in [6.45, 7) is 2.77. The SMILES string of the molecule is CCOc1ccc(-n2c(COc3ccccc3)nnc2SCC(=O)Nc2cccc(Br)c2)cc1. The van der Waals surface area contributed by atoms with Gasteiger partial charge in [-0.3, -0.25) is 9.36 Å². The number of rotatable bonds is 10. The van der Waals surface area contributed by atoms with E-state index in [0.29, 0.717) is 17.6 Å². The van der Waals surface area contributed by atoms with Crippen LogP contribution in [0.15, 0.2) is 88.5 Å². The fourth-order valence-corrected chi connectivity index (χ4v) is 4.33. The third-order valence-electron chi connectivity index (χ3n) is 4.66.